The van der Waals surface area contributed by atoms with Crippen LogP contribution in [0.25, 0.3) is 6.08 Å². The van der Waals surface area contributed by atoms with Crippen molar-refractivity contribution in [1.29, 1.82) is 0 Å². The van der Waals surface area contributed by atoms with Crippen LogP contribution in [0.2, 0.25) is 0 Å². The van der Waals surface area contributed by atoms with Crippen LogP contribution >= 0.6 is 0 Å². The molecule has 7 atom stereocenters. The number of hydrogen-bond acceptors (Lipinski definition) is 4. The first-order valence-corrected chi connectivity index (χ1v) is 12.1. The Morgan fingerprint density at radius 3 is 2.78 bits per heavy atom. The molecule has 0 spiro atoms. The second kappa shape index (κ2) is 6.86. The smallest absolute Gasteiger partial charge is 0.246 e. The first kappa shape index (κ1) is 20.3. The monoisotopic (exact) mass is 435 g/mol. The van der Waals surface area contributed by atoms with E-state index in [9.17, 15) is 9.90 Å². The number of hydrogen-bond donors (Lipinski definition) is 1. The predicted molar refractivity (Wildman–Crippen MR) is 122 cm³/mol. The van der Waals surface area contributed by atoms with Gasteiger partial charge in [-0.3, -0.25) is 4.79 Å². The van der Waals surface area contributed by atoms with Crippen LogP contribution in [0.5, 0.6) is 11.5 Å². The lowest BCUT2D eigenvalue weighted by Crippen LogP contribution is -2.60. The molecule has 3 aliphatic carbocycles. The van der Waals surface area contributed by atoms with Crippen molar-refractivity contribution in [1.82, 2.24) is 4.90 Å². The minimum absolute atomic E-state index is 0.0221. The average Bonchev–Trinajstić information content (AvgIpc) is 3.35. The Labute approximate surface area is 190 Å². The van der Waals surface area contributed by atoms with E-state index in [1.165, 1.54) is 5.57 Å². The molecule has 170 valence electrons. The minimum atomic E-state index is -0.189. The van der Waals surface area contributed by atoms with Gasteiger partial charge in [-0.15, -0.1) is 0 Å². The van der Waals surface area contributed by atoms with E-state index in [-0.39, 0.29) is 35.7 Å². The number of amides is 1. The van der Waals surface area contributed by atoms with Gasteiger partial charge in [-0.25, -0.2) is 0 Å². The van der Waals surface area contributed by atoms with Gasteiger partial charge in [0, 0.05) is 12.5 Å². The van der Waals surface area contributed by atoms with E-state index in [0.717, 1.165) is 49.2 Å². The van der Waals surface area contributed by atoms with E-state index in [0.29, 0.717) is 17.8 Å². The number of carbonyl (C=O) groups excluding carboxylic acids is 1. The largest absolute Gasteiger partial charge is 0.454 e. The normalized spacial score (nSPS) is 43.2. The number of aliphatic hydroxyl groups excluding tert-OH is 1. The summed E-state index contributed by atoms with van der Waals surface area (Å²) < 4.78 is 11.1. The van der Waals surface area contributed by atoms with Gasteiger partial charge in [0.25, 0.3) is 0 Å². The lowest BCUT2D eigenvalue weighted by Gasteiger charge is -2.60. The fourth-order valence-corrected chi connectivity index (χ4v) is 8.03. The topological polar surface area (TPSA) is 59.0 Å². The highest BCUT2D eigenvalue weighted by Crippen LogP contribution is 2.64. The highest BCUT2D eigenvalue weighted by atomic mass is 16.7. The molecule has 2 aliphatic heterocycles. The quantitative estimate of drug-likeness (QED) is 0.710. The van der Waals surface area contributed by atoms with Crippen molar-refractivity contribution in [3.8, 4) is 11.5 Å². The Bertz CT molecular complexity index is 1030. The highest BCUT2D eigenvalue weighted by molar-refractivity contribution is 5.89. The third-order valence-corrected chi connectivity index (χ3v) is 9.67. The molecule has 5 heteroatoms. The van der Waals surface area contributed by atoms with Gasteiger partial charge in [0.15, 0.2) is 11.5 Å². The van der Waals surface area contributed by atoms with Crippen LogP contribution in [0.15, 0.2) is 35.9 Å². The van der Waals surface area contributed by atoms with Crippen molar-refractivity contribution in [2.75, 3.05) is 13.8 Å². The third-order valence-electron chi connectivity index (χ3n) is 9.67. The molecule has 5 aliphatic rings. The molecule has 0 unspecified atom stereocenters. The second-order valence-electron chi connectivity index (χ2n) is 11.1. The summed E-state index contributed by atoms with van der Waals surface area (Å²) in [4.78, 5) is 14.7. The first-order valence-electron chi connectivity index (χ1n) is 12.1. The summed E-state index contributed by atoms with van der Waals surface area (Å²) in [5.41, 5.74) is 2.33. The van der Waals surface area contributed by atoms with Crippen molar-refractivity contribution in [3.63, 3.8) is 0 Å². The summed E-state index contributed by atoms with van der Waals surface area (Å²) in [5.74, 6) is 3.24. The molecule has 3 fully saturated rings. The fraction of sp³-hybridized carbons (Fsp3) is 0.593. The molecule has 0 radical (unpaired) electrons. The highest BCUT2D eigenvalue weighted by Gasteiger charge is 2.61. The molecule has 2 heterocycles. The molecule has 32 heavy (non-hydrogen) atoms. The van der Waals surface area contributed by atoms with Crippen molar-refractivity contribution in [2.45, 2.75) is 58.1 Å². The molecular weight excluding hydrogens is 402 g/mol. The summed E-state index contributed by atoms with van der Waals surface area (Å²) in [6, 6.07) is 6.15. The van der Waals surface area contributed by atoms with E-state index in [2.05, 4.69) is 32.1 Å². The first-order chi connectivity index (χ1) is 15.3. The number of carbonyl (C=O) groups is 1. The Balaban J connectivity index is 1.45. The molecule has 1 N–H and O–H groups in total. The summed E-state index contributed by atoms with van der Waals surface area (Å²) >= 11 is 0. The summed E-state index contributed by atoms with van der Waals surface area (Å²) in [7, 11) is 1.95. The van der Waals surface area contributed by atoms with E-state index in [1.54, 1.807) is 6.08 Å². The zero-order chi connectivity index (χ0) is 22.3. The van der Waals surface area contributed by atoms with Crippen molar-refractivity contribution in [3.05, 3.63) is 41.5 Å². The molecular formula is C27H33NO4. The Morgan fingerprint density at radius 2 is 1.94 bits per heavy atom. The van der Waals surface area contributed by atoms with Crippen LogP contribution in [0.1, 0.15) is 51.5 Å². The standard InChI is InChI=1S/C27H33NO4/c1-26-10-8-20-18(19(26)5-7-23(26)29)14-17(25-27(20,2)11-9-24(30)28(25)3)12-16-4-6-21-22(13-16)32-15-31-21/h4,6,9,11-13,18-20,23,25,29H,5,7-8,10,14-15H2,1-3H3/t18-,19-,20-,23-,25+,26-,27+/m0/s1. The summed E-state index contributed by atoms with van der Waals surface area (Å²) in [5, 5.41) is 10.8. The van der Waals surface area contributed by atoms with Crippen LogP contribution in [0, 0.1) is 28.6 Å². The molecule has 0 bridgehead atoms. The molecule has 1 aromatic carbocycles. The molecule has 5 nitrogen and oxygen atoms in total. The molecule has 3 saturated carbocycles. The van der Waals surface area contributed by atoms with Crippen molar-refractivity contribution < 1.29 is 19.4 Å². The summed E-state index contributed by atoms with van der Waals surface area (Å²) in [6.45, 7) is 4.94. The van der Waals surface area contributed by atoms with Gasteiger partial charge < -0.3 is 19.5 Å². The Hall–Kier alpha value is -2.27. The third kappa shape index (κ3) is 2.70. The number of likely N-dealkylation sites (N-methyl/N-ethyl adjacent to an activating group) is 1. The summed E-state index contributed by atoms with van der Waals surface area (Å²) in [6.07, 6.45) is 11.3. The molecule has 1 amide bonds. The maximum Gasteiger partial charge on any atom is 0.246 e. The number of fused-ring (bicyclic) bond motifs is 6. The number of benzene rings is 1. The zero-order valence-electron chi connectivity index (χ0n) is 19.2. The van der Waals surface area contributed by atoms with Crippen LogP contribution in [-0.2, 0) is 4.79 Å². The molecule has 0 aromatic heterocycles. The van der Waals surface area contributed by atoms with Gasteiger partial charge in [-0.1, -0.05) is 32.1 Å². The van der Waals surface area contributed by atoms with E-state index in [4.69, 9.17) is 9.47 Å². The van der Waals surface area contributed by atoms with Gasteiger partial charge in [-0.05, 0) is 84.6 Å². The maximum absolute atomic E-state index is 12.7. The van der Waals surface area contributed by atoms with Gasteiger partial charge in [0.1, 0.15) is 0 Å². The van der Waals surface area contributed by atoms with E-state index < -0.39 is 0 Å². The number of nitrogens with zero attached hydrogens (tertiary/aromatic N) is 1. The van der Waals surface area contributed by atoms with E-state index in [1.807, 2.05) is 24.1 Å². The van der Waals surface area contributed by atoms with Crippen LogP contribution in [0.4, 0.5) is 0 Å². The van der Waals surface area contributed by atoms with Gasteiger partial charge >= 0.3 is 0 Å². The molecule has 6 rings (SSSR count). The Kier molecular flexibility index (Phi) is 4.36. The van der Waals surface area contributed by atoms with Crippen molar-refractivity contribution in [2.24, 2.45) is 28.6 Å². The lowest BCUT2D eigenvalue weighted by molar-refractivity contribution is -0.135. The molecule has 1 aromatic rings. The maximum atomic E-state index is 12.7. The SMILES string of the molecule is CN1C(=O)C=C[C@]2(C)[C@H]3CC[C@]4(C)[C@@H](O)CC[C@H]4[C@@H]3CC(=Cc3ccc4c(c3)OCO4)[C@@H]12. The van der Waals surface area contributed by atoms with Crippen LogP contribution in [-0.4, -0.2) is 41.9 Å². The lowest BCUT2D eigenvalue weighted by atomic mass is 9.47. The second-order valence-corrected chi connectivity index (χ2v) is 11.1. The fourth-order valence-electron chi connectivity index (χ4n) is 8.03. The molecule has 0 saturated heterocycles. The van der Waals surface area contributed by atoms with Crippen molar-refractivity contribution >= 4 is 12.0 Å². The zero-order valence-corrected chi connectivity index (χ0v) is 19.2. The Morgan fingerprint density at radius 1 is 1.12 bits per heavy atom. The van der Waals surface area contributed by atoms with Gasteiger partial charge in [0.05, 0.1) is 12.1 Å². The number of rotatable bonds is 1. The number of aliphatic hydroxyl groups is 1. The van der Waals surface area contributed by atoms with E-state index >= 15 is 0 Å². The van der Waals surface area contributed by atoms with Gasteiger partial charge in [-0.2, -0.15) is 0 Å². The predicted octanol–water partition coefficient (Wildman–Crippen LogP) is 4.41. The number of ether oxygens (including phenoxy) is 2. The van der Waals surface area contributed by atoms with Crippen LogP contribution in [0.3, 0.4) is 0 Å². The van der Waals surface area contributed by atoms with Gasteiger partial charge in [0.2, 0.25) is 12.7 Å². The minimum Gasteiger partial charge on any atom is -0.454 e. The average molecular weight is 436 g/mol. The van der Waals surface area contributed by atoms with Crippen LogP contribution < -0.4 is 9.47 Å².